The van der Waals surface area contributed by atoms with Crippen molar-refractivity contribution in [2.75, 3.05) is 29.5 Å². The maximum Gasteiger partial charge on any atom is 0.180 e. The lowest BCUT2D eigenvalue weighted by Crippen LogP contribution is -2.37. The topological polar surface area (TPSA) is 80.6 Å². The molecule has 4 N–H and O–H groups in total. The molecule has 1 aromatic heterocycles. The number of benzene rings is 2. The standard InChI is InChI=1S/C27H29N5OS2/c28-18-5-10-26-24(15-18)32(23-3-1-2-4-25(23)35-26)19-6-8-20(9-7-19)33-21-11-13-31(14-12-21)17-22-16-30-27(29)34-22/h2,4-10,15-16,21H,1,3,11-14,17,28H2,(H2,29,30). The summed E-state index contributed by atoms with van der Waals surface area (Å²) in [6.45, 7) is 2.97. The number of aromatic nitrogens is 1. The Hall–Kier alpha value is -2.94. The fourth-order valence-electron chi connectivity index (χ4n) is 4.97. The molecule has 0 atom stereocenters. The van der Waals surface area contributed by atoms with Crippen molar-refractivity contribution >= 4 is 45.3 Å². The highest BCUT2D eigenvalue weighted by Gasteiger charge is 2.28. The number of thioether (sulfide) groups is 1. The van der Waals surface area contributed by atoms with Crippen molar-refractivity contribution in [2.24, 2.45) is 0 Å². The molecule has 3 heterocycles. The number of fused-ring (bicyclic) bond motifs is 1. The fourth-order valence-corrected chi connectivity index (χ4v) is 6.80. The molecule has 0 spiro atoms. The Balaban J connectivity index is 1.14. The van der Waals surface area contributed by atoms with E-state index in [1.807, 2.05) is 24.0 Å². The summed E-state index contributed by atoms with van der Waals surface area (Å²) in [5.74, 6) is 0.930. The van der Waals surface area contributed by atoms with E-state index >= 15 is 0 Å². The van der Waals surface area contributed by atoms with Crippen LogP contribution in [0.1, 0.15) is 30.6 Å². The van der Waals surface area contributed by atoms with Gasteiger partial charge in [-0.1, -0.05) is 23.9 Å². The molecular weight excluding hydrogens is 474 g/mol. The lowest BCUT2D eigenvalue weighted by Gasteiger charge is -2.36. The molecule has 8 heteroatoms. The minimum Gasteiger partial charge on any atom is -0.490 e. The van der Waals surface area contributed by atoms with E-state index in [0.29, 0.717) is 5.13 Å². The van der Waals surface area contributed by atoms with Crippen LogP contribution in [0.4, 0.5) is 22.2 Å². The van der Waals surface area contributed by atoms with Gasteiger partial charge in [0.05, 0.1) is 5.69 Å². The van der Waals surface area contributed by atoms with Gasteiger partial charge in [0.1, 0.15) is 11.9 Å². The van der Waals surface area contributed by atoms with Crippen LogP contribution in [-0.4, -0.2) is 29.1 Å². The van der Waals surface area contributed by atoms with Crippen molar-refractivity contribution in [2.45, 2.75) is 43.2 Å². The molecule has 1 fully saturated rings. The molecule has 3 aliphatic rings. The van der Waals surface area contributed by atoms with Gasteiger partial charge in [-0.25, -0.2) is 4.98 Å². The molecule has 0 bridgehead atoms. The molecule has 6 rings (SSSR count). The maximum atomic E-state index is 6.37. The summed E-state index contributed by atoms with van der Waals surface area (Å²) >= 11 is 3.41. The normalized spacial score (nSPS) is 18.5. The van der Waals surface area contributed by atoms with Crippen molar-refractivity contribution in [3.63, 3.8) is 0 Å². The molecule has 3 aromatic rings. The van der Waals surface area contributed by atoms with E-state index in [1.165, 1.54) is 20.4 Å². The molecule has 2 aliphatic heterocycles. The Kier molecular flexibility index (Phi) is 6.18. The third-order valence-electron chi connectivity index (χ3n) is 6.70. The smallest absolute Gasteiger partial charge is 0.180 e. The second-order valence-electron chi connectivity index (χ2n) is 9.17. The van der Waals surface area contributed by atoms with Crippen molar-refractivity contribution in [1.29, 1.82) is 0 Å². The van der Waals surface area contributed by atoms with Crippen LogP contribution in [0.25, 0.3) is 0 Å². The van der Waals surface area contributed by atoms with E-state index in [1.54, 1.807) is 11.3 Å². The van der Waals surface area contributed by atoms with E-state index in [0.717, 1.165) is 68.1 Å². The van der Waals surface area contributed by atoms with Crippen LogP contribution in [0.5, 0.6) is 5.75 Å². The largest absolute Gasteiger partial charge is 0.490 e. The molecule has 0 saturated carbocycles. The molecule has 0 unspecified atom stereocenters. The number of hydrogen-bond donors (Lipinski definition) is 2. The number of anilines is 4. The molecule has 0 amide bonds. The number of thiazole rings is 1. The number of nitrogen functional groups attached to an aromatic ring is 2. The Morgan fingerprint density at radius 3 is 2.66 bits per heavy atom. The zero-order valence-electron chi connectivity index (χ0n) is 19.5. The lowest BCUT2D eigenvalue weighted by molar-refractivity contribution is 0.0973. The van der Waals surface area contributed by atoms with E-state index in [2.05, 4.69) is 63.3 Å². The Bertz CT molecular complexity index is 1270. The second-order valence-corrected chi connectivity index (χ2v) is 11.4. The summed E-state index contributed by atoms with van der Waals surface area (Å²) in [4.78, 5) is 12.8. The van der Waals surface area contributed by atoms with E-state index < -0.39 is 0 Å². The van der Waals surface area contributed by atoms with Crippen LogP contribution < -0.4 is 21.1 Å². The first kappa shape index (κ1) is 22.5. The molecule has 0 radical (unpaired) electrons. The number of likely N-dealkylation sites (tertiary alicyclic amines) is 1. The number of ether oxygens (including phenoxy) is 1. The van der Waals surface area contributed by atoms with Gasteiger partial charge in [-0.2, -0.15) is 0 Å². The van der Waals surface area contributed by atoms with Crippen LogP contribution in [0, 0.1) is 0 Å². The monoisotopic (exact) mass is 503 g/mol. The average molecular weight is 504 g/mol. The van der Waals surface area contributed by atoms with Crippen LogP contribution in [0.3, 0.4) is 0 Å². The number of rotatable bonds is 5. The first-order chi connectivity index (χ1) is 17.1. The highest BCUT2D eigenvalue weighted by Crippen LogP contribution is 2.50. The minimum absolute atomic E-state index is 0.244. The van der Waals surface area contributed by atoms with Gasteiger partial charge in [-0.05, 0) is 68.1 Å². The summed E-state index contributed by atoms with van der Waals surface area (Å²) in [6.07, 6.45) is 10.8. The van der Waals surface area contributed by atoms with Gasteiger partial charge in [0.15, 0.2) is 5.13 Å². The minimum atomic E-state index is 0.244. The fraction of sp³-hybridized carbons (Fsp3) is 0.296. The van der Waals surface area contributed by atoms with E-state index in [9.17, 15) is 0 Å². The van der Waals surface area contributed by atoms with Gasteiger partial charge in [0, 0.05) is 57.6 Å². The SMILES string of the molecule is Nc1ccc2c(c1)N(c1ccc(OC3CCN(Cc4cnc(N)s4)CC3)cc1)C1=C(C=CCC1)S2. The molecule has 35 heavy (non-hydrogen) atoms. The predicted molar refractivity (Wildman–Crippen MR) is 146 cm³/mol. The summed E-state index contributed by atoms with van der Waals surface area (Å²) in [6, 6.07) is 14.8. The third kappa shape index (κ3) is 4.78. The molecule has 2 aromatic carbocycles. The highest BCUT2D eigenvalue weighted by molar-refractivity contribution is 8.03. The van der Waals surface area contributed by atoms with Gasteiger partial charge in [-0.15, -0.1) is 11.3 Å². The molecule has 6 nitrogen and oxygen atoms in total. The van der Waals surface area contributed by atoms with Crippen molar-refractivity contribution in [3.05, 3.63) is 76.3 Å². The zero-order chi connectivity index (χ0) is 23.8. The van der Waals surface area contributed by atoms with Crippen LogP contribution in [0.15, 0.2) is 76.3 Å². The zero-order valence-corrected chi connectivity index (χ0v) is 21.2. The predicted octanol–water partition coefficient (Wildman–Crippen LogP) is 6.16. The lowest BCUT2D eigenvalue weighted by atomic mass is 10.1. The number of nitrogens with two attached hydrogens (primary N) is 2. The Labute approximate surface area is 214 Å². The van der Waals surface area contributed by atoms with Crippen molar-refractivity contribution < 1.29 is 4.74 Å². The van der Waals surface area contributed by atoms with Crippen LogP contribution >= 0.6 is 23.1 Å². The summed E-state index contributed by atoms with van der Waals surface area (Å²) in [5.41, 5.74) is 16.4. The number of hydrogen-bond acceptors (Lipinski definition) is 8. The van der Waals surface area contributed by atoms with E-state index in [-0.39, 0.29) is 6.10 Å². The first-order valence-electron chi connectivity index (χ1n) is 12.1. The number of nitrogens with zero attached hydrogens (tertiary/aromatic N) is 3. The second kappa shape index (κ2) is 9.60. The summed E-state index contributed by atoms with van der Waals surface area (Å²) in [7, 11) is 0. The summed E-state index contributed by atoms with van der Waals surface area (Å²) in [5, 5.41) is 0.643. The summed E-state index contributed by atoms with van der Waals surface area (Å²) < 4.78 is 6.37. The molecule has 1 saturated heterocycles. The van der Waals surface area contributed by atoms with Gasteiger partial charge in [0.25, 0.3) is 0 Å². The Morgan fingerprint density at radius 1 is 1.06 bits per heavy atom. The highest BCUT2D eigenvalue weighted by atomic mass is 32.2. The molecule has 180 valence electrons. The molecule has 1 aliphatic carbocycles. The van der Waals surface area contributed by atoms with Gasteiger partial charge in [0.2, 0.25) is 0 Å². The van der Waals surface area contributed by atoms with Crippen molar-refractivity contribution in [1.82, 2.24) is 9.88 Å². The van der Waals surface area contributed by atoms with Crippen LogP contribution in [-0.2, 0) is 6.54 Å². The van der Waals surface area contributed by atoms with Gasteiger partial charge >= 0.3 is 0 Å². The number of piperidine rings is 1. The first-order valence-corrected chi connectivity index (χ1v) is 13.7. The molecular formula is C27H29N5OS2. The van der Waals surface area contributed by atoms with E-state index in [4.69, 9.17) is 16.2 Å². The maximum absolute atomic E-state index is 6.37. The Morgan fingerprint density at radius 2 is 1.89 bits per heavy atom. The number of allylic oxidation sites excluding steroid dienone is 3. The average Bonchev–Trinajstić information content (AvgIpc) is 3.29. The van der Waals surface area contributed by atoms with Gasteiger partial charge < -0.3 is 21.1 Å². The third-order valence-corrected chi connectivity index (χ3v) is 8.67. The van der Waals surface area contributed by atoms with Crippen LogP contribution in [0.2, 0.25) is 0 Å². The van der Waals surface area contributed by atoms with Gasteiger partial charge in [-0.3, -0.25) is 4.90 Å². The van der Waals surface area contributed by atoms with Crippen molar-refractivity contribution in [3.8, 4) is 5.75 Å². The quantitative estimate of drug-likeness (QED) is 0.404.